The van der Waals surface area contributed by atoms with Gasteiger partial charge in [-0.2, -0.15) is 0 Å². The van der Waals surface area contributed by atoms with Gasteiger partial charge in [0.2, 0.25) is 5.91 Å². The summed E-state index contributed by atoms with van der Waals surface area (Å²) in [7, 11) is 0. The lowest BCUT2D eigenvalue weighted by Crippen LogP contribution is -2.35. The molecule has 92 valence electrons. The zero-order valence-electron chi connectivity index (χ0n) is 9.90. The second-order valence-electron chi connectivity index (χ2n) is 4.06. The average molecular weight is 253 g/mol. The molecule has 17 heavy (non-hydrogen) atoms. The number of carbonyl (C=O) groups excluding carboxylic acids is 2. The third-order valence-electron chi connectivity index (χ3n) is 2.61. The van der Waals surface area contributed by atoms with Crippen molar-refractivity contribution < 1.29 is 9.59 Å². The van der Waals surface area contributed by atoms with E-state index in [1.54, 1.807) is 6.20 Å². The van der Waals surface area contributed by atoms with E-state index in [0.29, 0.717) is 11.7 Å². The fourth-order valence-corrected chi connectivity index (χ4v) is 2.54. The molecule has 0 spiro atoms. The third kappa shape index (κ3) is 2.46. The van der Waals surface area contributed by atoms with Gasteiger partial charge in [-0.25, -0.2) is 4.98 Å². The Labute approximate surface area is 104 Å². The Morgan fingerprint density at radius 2 is 2.35 bits per heavy atom. The maximum absolute atomic E-state index is 11.9. The van der Waals surface area contributed by atoms with Gasteiger partial charge in [-0.05, 0) is 13.3 Å². The first-order valence-corrected chi connectivity index (χ1v) is 6.46. The van der Waals surface area contributed by atoms with Crippen LogP contribution in [0.5, 0.6) is 0 Å². The van der Waals surface area contributed by atoms with Crippen molar-refractivity contribution >= 4 is 28.3 Å². The van der Waals surface area contributed by atoms with Crippen LogP contribution < -0.4 is 5.32 Å². The highest BCUT2D eigenvalue weighted by molar-refractivity contribution is 7.15. The minimum Gasteiger partial charge on any atom is -0.349 e. The predicted molar refractivity (Wildman–Crippen MR) is 65.9 cm³/mol. The van der Waals surface area contributed by atoms with E-state index in [0.717, 1.165) is 11.3 Å². The summed E-state index contributed by atoms with van der Waals surface area (Å²) in [6.45, 7) is 4.41. The van der Waals surface area contributed by atoms with Crippen LogP contribution in [0.3, 0.4) is 0 Å². The number of nitrogens with one attached hydrogen (secondary N) is 1. The van der Waals surface area contributed by atoms with E-state index < -0.39 is 6.04 Å². The molecule has 0 bridgehead atoms. The number of rotatable bonds is 4. The summed E-state index contributed by atoms with van der Waals surface area (Å²) in [5.74, 6) is -0.229. The molecule has 1 aromatic rings. The van der Waals surface area contributed by atoms with Crippen LogP contribution in [0.15, 0.2) is 6.20 Å². The molecule has 5 nitrogen and oxygen atoms in total. The van der Waals surface area contributed by atoms with E-state index >= 15 is 0 Å². The maximum Gasteiger partial charge on any atom is 0.252 e. The fraction of sp³-hybridized carbons (Fsp3) is 0.545. The second-order valence-corrected chi connectivity index (χ2v) is 5.30. The minimum atomic E-state index is -0.445. The van der Waals surface area contributed by atoms with Crippen molar-refractivity contribution in [3.05, 3.63) is 11.1 Å². The molecule has 1 atom stereocenters. The van der Waals surface area contributed by atoms with Gasteiger partial charge in [-0.15, -0.1) is 11.3 Å². The van der Waals surface area contributed by atoms with Crippen LogP contribution in [0.25, 0.3) is 0 Å². The molecule has 1 N–H and O–H groups in total. The summed E-state index contributed by atoms with van der Waals surface area (Å²) in [6, 6.07) is -0.445. The van der Waals surface area contributed by atoms with E-state index in [-0.39, 0.29) is 18.2 Å². The Kier molecular flexibility index (Phi) is 3.42. The van der Waals surface area contributed by atoms with Gasteiger partial charge in [0.25, 0.3) is 5.91 Å². The smallest absolute Gasteiger partial charge is 0.252 e. The monoisotopic (exact) mass is 253 g/mol. The molecule has 1 aromatic heterocycles. The van der Waals surface area contributed by atoms with Gasteiger partial charge in [0.15, 0.2) is 5.13 Å². The Morgan fingerprint density at radius 1 is 1.59 bits per heavy atom. The molecule has 0 radical (unpaired) electrons. The van der Waals surface area contributed by atoms with Gasteiger partial charge in [0, 0.05) is 17.6 Å². The van der Waals surface area contributed by atoms with E-state index in [9.17, 15) is 9.59 Å². The molecule has 1 unspecified atom stereocenters. The van der Waals surface area contributed by atoms with Crippen molar-refractivity contribution in [1.29, 1.82) is 0 Å². The van der Waals surface area contributed by atoms with Crippen molar-refractivity contribution in [1.82, 2.24) is 9.88 Å². The fourth-order valence-electron chi connectivity index (χ4n) is 1.82. The zero-order valence-corrected chi connectivity index (χ0v) is 10.7. The summed E-state index contributed by atoms with van der Waals surface area (Å²) < 4.78 is 0. The van der Waals surface area contributed by atoms with Gasteiger partial charge in [-0.3, -0.25) is 14.5 Å². The van der Waals surface area contributed by atoms with Crippen LogP contribution in [-0.2, 0) is 9.59 Å². The first kappa shape index (κ1) is 12.0. The van der Waals surface area contributed by atoms with Crippen molar-refractivity contribution in [3.8, 4) is 0 Å². The van der Waals surface area contributed by atoms with E-state index in [2.05, 4.69) is 10.3 Å². The summed E-state index contributed by atoms with van der Waals surface area (Å²) in [4.78, 5) is 30.1. The number of hydrogen-bond acceptors (Lipinski definition) is 5. The number of likely N-dealkylation sites (tertiary alicyclic amines) is 1. The van der Waals surface area contributed by atoms with Gasteiger partial charge in [0.05, 0.1) is 6.42 Å². The average Bonchev–Trinajstić information content (AvgIpc) is 2.79. The number of nitrogens with zero attached hydrogens (tertiary/aromatic N) is 2. The van der Waals surface area contributed by atoms with E-state index in [1.807, 2.05) is 13.8 Å². The van der Waals surface area contributed by atoms with Gasteiger partial charge >= 0.3 is 0 Å². The van der Waals surface area contributed by atoms with Crippen molar-refractivity contribution in [3.63, 3.8) is 0 Å². The van der Waals surface area contributed by atoms with Crippen LogP contribution in [0.2, 0.25) is 0 Å². The van der Waals surface area contributed by atoms with Gasteiger partial charge in [-0.1, -0.05) is 6.92 Å². The topological polar surface area (TPSA) is 62.3 Å². The van der Waals surface area contributed by atoms with Crippen LogP contribution in [0.4, 0.5) is 5.13 Å². The maximum atomic E-state index is 11.9. The van der Waals surface area contributed by atoms with Gasteiger partial charge < -0.3 is 5.32 Å². The number of amides is 2. The standard InChI is InChI=1S/C11H15N3O2S/c1-3-4-14-9(15)5-8(10(14)16)13-11-12-6-7(2)17-11/h6,8H,3-5H2,1-2H3,(H,12,13). The quantitative estimate of drug-likeness (QED) is 0.824. The highest BCUT2D eigenvalue weighted by Gasteiger charge is 2.38. The second kappa shape index (κ2) is 4.83. The molecule has 6 heteroatoms. The molecular weight excluding hydrogens is 238 g/mol. The number of imide groups is 1. The number of carbonyl (C=O) groups is 2. The highest BCUT2D eigenvalue weighted by Crippen LogP contribution is 2.22. The molecule has 0 saturated carbocycles. The van der Waals surface area contributed by atoms with Crippen LogP contribution >= 0.6 is 11.3 Å². The first-order chi connectivity index (χ1) is 8.11. The molecule has 0 aromatic carbocycles. The lowest BCUT2D eigenvalue weighted by atomic mass is 10.2. The Bertz CT molecular complexity index is 444. The Hall–Kier alpha value is -1.43. The lowest BCUT2D eigenvalue weighted by molar-refractivity contribution is -0.138. The van der Waals surface area contributed by atoms with Crippen molar-refractivity contribution in [2.45, 2.75) is 32.7 Å². The zero-order chi connectivity index (χ0) is 12.4. The van der Waals surface area contributed by atoms with Crippen molar-refractivity contribution in [2.24, 2.45) is 0 Å². The Balaban J connectivity index is 2.04. The number of anilines is 1. The SMILES string of the molecule is CCCN1C(=O)CC(Nc2ncc(C)s2)C1=O. The molecule has 2 amide bonds. The summed E-state index contributed by atoms with van der Waals surface area (Å²) in [5.41, 5.74) is 0. The predicted octanol–water partition coefficient (Wildman–Crippen LogP) is 1.40. The molecule has 1 aliphatic heterocycles. The largest absolute Gasteiger partial charge is 0.349 e. The summed E-state index contributed by atoms with van der Waals surface area (Å²) in [5, 5.41) is 3.73. The number of aryl methyl sites for hydroxylation is 1. The molecule has 2 heterocycles. The minimum absolute atomic E-state index is 0.0948. The van der Waals surface area contributed by atoms with Crippen molar-refractivity contribution in [2.75, 3.05) is 11.9 Å². The lowest BCUT2D eigenvalue weighted by Gasteiger charge is -2.13. The van der Waals surface area contributed by atoms with Crippen LogP contribution in [0.1, 0.15) is 24.6 Å². The molecule has 1 aliphatic rings. The third-order valence-corrected chi connectivity index (χ3v) is 3.45. The summed E-state index contributed by atoms with van der Waals surface area (Å²) >= 11 is 1.49. The normalized spacial score (nSPS) is 20.1. The molecular formula is C11H15N3O2S. The van der Waals surface area contributed by atoms with Gasteiger partial charge in [0.1, 0.15) is 6.04 Å². The number of thiazole rings is 1. The van der Waals surface area contributed by atoms with E-state index in [4.69, 9.17) is 0 Å². The number of aromatic nitrogens is 1. The van der Waals surface area contributed by atoms with Crippen LogP contribution in [0, 0.1) is 6.92 Å². The molecule has 1 fully saturated rings. The summed E-state index contributed by atoms with van der Waals surface area (Å²) in [6.07, 6.45) is 2.77. The first-order valence-electron chi connectivity index (χ1n) is 5.65. The molecule has 1 saturated heterocycles. The number of hydrogen-bond donors (Lipinski definition) is 1. The van der Waals surface area contributed by atoms with Crippen LogP contribution in [-0.4, -0.2) is 34.3 Å². The molecule has 2 rings (SSSR count). The molecule has 0 aliphatic carbocycles. The highest BCUT2D eigenvalue weighted by atomic mass is 32.1. The van der Waals surface area contributed by atoms with E-state index in [1.165, 1.54) is 16.2 Å². The Morgan fingerprint density at radius 3 is 2.94 bits per heavy atom.